The van der Waals surface area contributed by atoms with E-state index in [-0.39, 0.29) is 0 Å². The van der Waals surface area contributed by atoms with Crippen LogP contribution in [0.25, 0.3) is 11.0 Å². The van der Waals surface area contributed by atoms with E-state index in [4.69, 9.17) is 0 Å². The van der Waals surface area contributed by atoms with Crippen LogP contribution in [0, 0.1) is 0 Å². The lowest BCUT2D eigenvalue weighted by Crippen LogP contribution is -1.98. The number of imidazole rings is 1. The van der Waals surface area contributed by atoms with Gasteiger partial charge in [-0.1, -0.05) is 0 Å². The van der Waals surface area contributed by atoms with Gasteiger partial charge in [-0.2, -0.15) is 10.2 Å². The lowest BCUT2D eigenvalue weighted by atomic mass is 10.3. The van der Waals surface area contributed by atoms with E-state index in [2.05, 4.69) is 33.6 Å². The van der Waals surface area contributed by atoms with Crippen molar-refractivity contribution in [3.8, 4) is 0 Å². The van der Waals surface area contributed by atoms with Crippen molar-refractivity contribution >= 4 is 11.0 Å². The second kappa shape index (κ2) is 2.55. The van der Waals surface area contributed by atoms with Gasteiger partial charge in [-0.25, -0.2) is 4.98 Å². The third-order valence-corrected chi connectivity index (χ3v) is 1.84. The topological polar surface area (TPSA) is 43.6 Å². The van der Waals surface area contributed by atoms with Crippen LogP contribution in [0.15, 0.2) is 18.7 Å². The molecule has 0 bridgehead atoms. The highest BCUT2D eigenvalue weighted by Gasteiger charge is 2.04. The Hall–Kier alpha value is -1.45. The molecule has 2 rings (SSSR count). The summed E-state index contributed by atoms with van der Waals surface area (Å²) in [5, 5.41) is 7.58. The molecule has 2 aromatic heterocycles. The van der Waals surface area contributed by atoms with Crippen LogP contribution in [0.3, 0.4) is 0 Å². The molecule has 4 heteroatoms. The molecule has 4 nitrogen and oxygen atoms in total. The second-order valence-electron chi connectivity index (χ2n) is 3.01. The van der Waals surface area contributed by atoms with Crippen molar-refractivity contribution in [2.75, 3.05) is 0 Å². The standard InChI is InChI=1S/C8H10N4/c1-6(2)12-5-9-7-3-10-11-4-8(7)12/h3-6H,1-2H3. The third kappa shape index (κ3) is 0.958. The summed E-state index contributed by atoms with van der Waals surface area (Å²) in [6.45, 7) is 4.23. The summed E-state index contributed by atoms with van der Waals surface area (Å²) in [7, 11) is 0. The van der Waals surface area contributed by atoms with E-state index >= 15 is 0 Å². The minimum absolute atomic E-state index is 0.416. The molecule has 0 aliphatic carbocycles. The van der Waals surface area contributed by atoms with Gasteiger partial charge in [0.1, 0.15) is 5.52 Å². The zero-order valence-electron chi connectivity index (χ0n) is 7.10. The quantitative estimate of drug-likeness (QED) is 0.636. The Kier molecular flexibility index (Phi) is 1.53. The van der Waals surface area contributed by atoms with Crippen LogP contribution < -0.4 is 0 Å². The van der Waals surface area contributed by atoms with E-state index in [1.54, 1.807) is 12.4 Å². The Bertz CT molecular complexity index is 391. The van der Waals surface area contributed by atoms with Gasteiger partial charge in [0.15, 0.2) is 0 Å². The Morgan fingerprint density at radius 1 is 1.25 bits per heavy atom. The number of aromatic nitrogens is 4. The lowest BCUT2D eigenvalue weighted by molar-refractivity contribution is 0.616. The fourth-order valence-electron chi connectivity index (χ4n) is 1.20. The smallest absolute Gasteiger partial charge is 0.110 e. The van der Waals surface area contributed by atoms with Crippen molar-refractivity contribution in [1.29, 1.82) is 0 Å². The van der Waals surface area contributed by atoms with Crippen LogP contribution in [-0.4, -0.2) is 19.7 Å². The van der Waals surface area contributed by atoms with Gasteiger partial charge in [-0.3, -0.25) is 0 Å². The second-order valence-corrected chi connectivity index (χ2v) is 3.01. The Morgan fingerprint density at radius 2 is 2.00 bits per heavy atom. The average molecular weight is 162 g/mol. The molecule has 0 amide bonds. The van der Waals surface area contributed by atoms with Gasteiger partial charge in [0.25, 0.3) is 0 Å². The molecule has 0 atom stereocenters. The highest BCUT2D eigenvalue weighted by Crippen LogP contribution is 2.14. The molecule has 12 heavy (non-hydrogen) atoms. The summed E-state index contributed by atoms with van der Waals surface area (Å²) in [5.74, 6) is 0. The van der Waals surface area contributed by atoms with Gasteiger partial charge in [-0.05, 0) is 13.8 Å². The minimum atomic E-state index is 0.416. The molecular weight excluding hydrogens is 152 g/mol. The summed E-state index contributed by atoms with van der Waals surface area (Å²) in [6.07, 6.45) is 5.23. The van der Waals surface area contributed by atoms with Crippen molar-refractivity contribution in [3.63, 3.8) is 0 Å². The summed E-state index contributed by atoms with van der Waals surface area (Å²) < 4.78 is 2.07. The molecule has 0 unspecified atom stereocenters. The molecule has 2 heterocycles. The van der Waals surface area contributed by atoms with Gasteiger partial charge in [0.2, 0.25) is 0 Å². The first-order valence-electron chi connectivity index (χ1n) is 3.92. The summed E-state index contributed by atoms with van der Waals surface area (Å²) in [6, 6.07) is 0.416. The van der Waals surface area contributed by atoms with Crippen LogP contribution in [0.2, 0.25) is 0 Å². The Balaban J connectivity index is 2.70. The lowest BCUT2D eigenvalue weighted by Gasteiger charge is -2.06. The zero-order valence-corrected chi connectivity index (χ0v) is 7.10. The molecule has 0 aliphatic rings. The summed E-state index contributed by atoms with van der Waals surface area (Å²) in [4.78, 5) is 4.20. The Morgan fingerprint density at radius 3 is 2.75 bits per heavy atom. The van der Waals surface area contributed by atoms with Gasteiger partial charge < -0.3 is 4.57 Å². The van der Waals surface area contributed by atoms with Crippen LogP contribution in [0.5, 0.6) is 0 Å². The van der Waals surface area contributed by atoms with E-state index in [0.717, 1.165) is 11.0 Å². The van der Waals surface area contributed by atoms with Crippen molar-refractivity contribution in [2.45, 2.75) is 19.9 Å². The maximum Gasteiger partial charge on any atom is 0.110 e. The number of rotatable bonds is 1. The zero-order chi connectivity index (χ0) is 8.55. The van der Waals surface area contributed by atoms with E-state index < -0.39 is 0 Å². The number of fused-ring (bicyclic) bond motifs is 1. The predicted octanol–water partition coefficient (Wildman–Crippen LogP) is 1.41. The molecule has 0 saturated heterocycles. The van der Waals surface area contributed by atoms with E-state index in [0.29, 0.717) is 6.04 Å². The molecular formula is C8H10N4. The minimum Gasteiger partial charge on any atom is -0.327 e. The molecule has 0 spiro atoms. The first kappa shape index (κ1) is 7.21. The largest absolute Gasteiger partial charge is 0.327 e. The first-order chi connectivity index (χ1) is 5.79. The van der Waals surface area contributed by atoms with Crippen molar-refractivity contribution < 1.29 is 0 Å². The molecule has 0 fully saturated rings. The van der Waals surface area contributed by atoms with Gasteiger partial charge in [0, 0.05) is 6.04 Å². The summed E-state index contributed by atoms with van der Waals surface area (Å²) >= 11 is 0. The number of hydrogen-bond acceptors (Lipinski definition) is 3. The SMILES string of the molecule is CC(C)n1cnc2cnncc21. The van der Waals surface area contributed by atoms with Crippen LogP contribution in [0.1, 0.15) is 19.9 Å². The van der Waals surface area contributed by atoms with Crippen molar-refractivity contribution in [3.05, 3.63) is 18.7 Å². The van der Waals surface area contributed by atoms with Gasteiger partial charge in [-0.15, -0.1) is 0 Å². The van der Waals surface area contributed by atoms with Crippen molar-refractivity contribution in [1.82, 2.24) is 19.7 Å². The highest BCUT2D eigenvalue weighted by atomic mass is 15.1. The molecule has 0 N–H and O–H groups in total. The molecule has 2 aromatic rings. The van der Waals surface area contributed by atoms with Gasteiger partial charge >= 0.3 is 0 Å². The van der Waals surface area contributed by atoms with E-state index in [9.17, 15) is 0 Å². The van der Waals surface area contributed by atoms with Gasteiger partial charge in [0.05, 0.1) is 24.2 Å². The van der Waals surface area contributed by atoms with Crippen LogP contribution in [0.4, 0.5) is 0 Å². The molecule has 0 aliphatic heterocycles. The van der Waals surface area contributed by atoms with Crippen LogP contribution in [-0.2, 0) is 0 Å². The molecule has 0 saturated carbocycles. The highest BCUT2D eigenvalue weighted by molar-refractivity contribution is 5.72. The first-order valence-corrected chi connectivity index (χ1v) is 3.92. The summed E-state index contributed by atoms with van der Waals surface area (Å²) in [5.41, 5.74) is 1.94. The van der Waals surface area contributed by atoms with Crippen LogP contribution >= 0.6 is 0 Å². The fraction of sp³-hybridized carbons (Fsp3) is 0.375. The number of nitrogens with zero attached hydrogens (tertiary/aromatic N) is 4. The fourth-order valence-corrected chi connectivity index (χ4v) is 1.20. The maximum absolute atomic E-state index is 4.20. The van der Waals surface area contributed by atoms with Crippen molar-refractivity contribution in [2.24, 2.45) is 0 Å². The maximum atomic E-state index is 4.20. The van der Waals surface area contributed by atoms with E-state index in [1.165, 1.54) is 0 Å². The Labute approximate surface area is 70.3 Å². The monoisotopic (exact) mass is 162 g/mol. The third-order valence-electron chi connectivity index (χ3n) is 1.84. The molecule has 0 radical (unpaired) electrons. The molecule has 0 aromatic carbocycles. The predicted molar refractivity (Wildman–Crippen MR) is 45.7 cm³/mol. The molecule has 62 valence electrons. The normalized spacial score (nSPS) is 11.2. The average Bonchev–Trinajstić information content (AvgIpc) is 2.47. The van der Waals surface area contributed by atoms with E-state index in [1.807, 2.05) is 6.33 Å². The number of hydrogen-bond donors (Lipinski definition) is 0.